The third-order valence-corrected chi connectivity index (χ3v) is 2.96. The molecule has 2 unspecified atom stereocenters. The molecule has 1 aromatic rings. The molecule has 1 aliphatic rings. The Hall–Kier alpha value is -1.63. The van der Waals surface area contributed by atoms with Crippen molar-refractivity contribution in [2.24, 2.45) is 10.2 Å². The topological polar surface area (TPSA) is 37.2 Å². The summed E-state index contributed by atoms with van der Waals surface area (Å²) in [5, 5.41) is 8.03. The molecule has 0 N–H and O–H groups in total. The molecule has 7 heteroatoms. The minimum Gasteiger partial charge on any atom is -0.483 e. The Morgan fingerprint density at radius 2 is 2.17 bits per heavy atom. The van der Waals surface area contributed by atoms with Gasteiger partial charge < -0.3 is 9.64 Å². The number of halogens is 2. The van der Waals surface area contributed by atoms with Crippen LogP contribution in [0.25, 0.3) is 0 Å². The van der Waals surface area contributed by atoms with E-state index in [1.807, 2.05) is 0 Å². The van der Waals surface area contributed by atoms with Gasteiger partial charge in [-0.15, -0.1) is 5.11 Å². The highest BCUT2D eigenvalue weighted by atomic mass is 32.1. The normalized spacial score (nSPS) is 20.3. The fourth-order valence-electron chi connectivity index (χ4n) is 1.61. The molecule has 1 heterocycles. The Labute approximate surface area is 108 Å². The standard InChI is InChI=1S/C11H11F2N3OS/c1-6(10-14-15-11(18)16(10)2)17-9-4-3-7(12)5-8(9)13/h3-6,10H,1-2H3. The average Bonchev–Trinajstić information content (AvgIpc) is 2.64. The van der Waals surface area contributed by atoms with Gasteiger partial charge in [0.05, 0.1) is 0 Å². The number of benzene rings is 1. The third-order valence-electron chi connectivity index (χ3n) is 2.59. The molecular formula is C11H11F2N3OS. The second kappa shape index (κ2) is 4.93. The van der Waals surface area contributed by atoms with Crippen LogP contribution in [-0.4, -0.2) is 29.3 Å². The largest absolute Gasteiger partial charge is 0.483 e. The first kappa shape index (κ1) is 12.8. The van der Waals surface area contributed by atoms with E-state index in [9.17, 15) is 8.78 Å². The minimum atomic E-state index is -0.748. The first-order valence-electron chi connectivity index (χ1n) is 5.28. The van der Waals surface area contributed by atoms with Crippen molar-refractivity contribution in [2.75, 3.05) is 7.05 Å². The molecule has 0 spiro atoms. The molecule has 1 aliphatic heterocycles. The lowest BCUT2D eigenvalue weighted by atomic mass is 10.3. The van der Waals surface area contributed by atoms with Gasteiger partial charge in [-0.2, -0.15) is 5.11 Å². The molecule has 0 fully saturated rings. The van der Waals surface area contributed by atoms with Crippen molar-refractivity contribution in [1.29, 1.82) is 0 Å². The SMILES string of the molecule is CC(Oc1ccc(F)cc1F)C1N=NC(=S)N1C. The van der Waals surface area contributed by atoms with E-state index in [4.69, 9.17) is 17.0 Å². The van der Waals surface area contributed by atoms with Crippen molar-refractivity contribution in [3.05, 3.63) is 29.8 Å². The van der Waals surface area contributed by atoms with Gasteiger partial charge in [0.15, 0.2) is 17.7 Å². The number of azo groups is 1. The second-order valence-electron chi connectivity index (χ2n) is 3.92. The van der Waals surface area contributed by atoms with Gasteiger partial charge in [0.25, 0.3) is 0 Å². The quantitative estimate of drug-likeness (QED) is 0.793. The van der Waals surface area contributed by atoms with Crippen LogP contribution in [0.15, 0.2) is 28.4 Å². The van der Waals surface area contributed by atoms with Gasteiger partial charge in [0, 0.05) is 13.1 Å². The van der Waals surface area contributed by atoms with Crippen molar-refractivity contribution >= 4 is 17.3 Å². The number of rotatable bonds is 3. The van der Waals surface area contributed by atoms with Crippen LogP contribution in [0.3, 0.4) is 0 Å². The van der Waals surface area contributed by atoms with Crippen molar-refractivity contribution in [3.63, 3.8) is 0 Å². The molecule has 0 amide bonds. The van der Waals surface area contributed by atoms with Crippen LogP contribution in [0.1, 0.15) is 6.92 Å². The van der Waals surface area contributed by atoms with Crippen molar-refractivity contribution in [3.8, 4) is 5.75 Å². The lowest BCUT2D eigenvalue weighted by Crippen LogP contribution is -2.39. The highest BCUT2D eigenvalue weighted by Crippen LogP contribution is 2.23. The van der Waals surface area contributed by atoms with Gasteiger partial charge >= 0.3 is 0 Å². The zero-order valence-corrected chi connectivity index (χ0v) is 10.6. The highest BCUT2D eigenvalue weighted by Gasteiger charge is 2.30. The Morgan fingerprint density at radius 1 is 1.44 bits per heavy atom. The van der Waals surface area contributed by atoms with Gasteiger partial charge in [-0.1, -0.05) is 0 Å². The zero-order chi connectivity index (χ0) is 13.3. The summed E-state index contributed by atoms with van der Waals surface area (Å²) in [5.74, 6) is -1.42. The van der Waals surface area contributed by atoms with Crippen LogP contribution < -0.4 is 4.74 Å². The monoisotopic (exact) mass is 271 g/mol. The van der Waals surface area contributed by atoms with E-state index in [0.29, 0.717) is 5.11 Å². The Balaban J connectivity index is 2.10. The first-order valence-corrected chi connectivity index (χ1v) is 5.69. The lowest BCUT2D eigenvalue weighted by molar-refractivity contribution is 0.136. The van der Waals surface area contributed by atoms with E-state index in [0.717, 1.165) is 12.1 Å². The summed E-state index contributed by atoms with van der Waals surface area (Å²) in [5.41, 5.74) is 0. The van der Waals surface area contributed by atoms with E-state index >= 15 is 0 Å². The fourth-order valence-corrected chi connectivity index (χ4v) is 1.77. The zero-order valence-electron chi connectivity index (χ0n) is 9.80. The van der Waals surface area contributed by atoms with E-state index in [1.54, 1.807) is 18.9 Å². The maximum Gasteiger partial charge on any atom is 0.217 e. The number of hydrogen-bond acceptors (Lipinski definition) is 3. The molecule has 0 saturated heterocycles. The average molecular weight is 271 g/mol. The Bertz CT molecular complexity index is 509. The van der Waals surface area contributed by atoms with Crippen LogP contribution in [0.4, 0.5) is 8.78 Å². The fraction of sp³-hybridized carbons (Fsp3) is 0.364. The van der Waals surface area contributed by atoms with Crippen molar-refractivity contribution in [2.45, 2.75) is 19.2 Å². The van der Waals surface area contributed by atoms with Gasteiger partial charge in [0.1, 0.15) is 11.9 Å². The summed E-state index contributed by atoms with van der Waals surface area (Å²) in [6.07, 6.45) is -0.860. The lowest BCUT2D eigenvalue weighted by Gasteiger charge is -2.24. The predicted molar refractivity (Wildman–Crippen MR) is 65.5 cm³/mol. The predicted octanol–water partition coefficient (Wildman–Crippen LogP) is 2.74. The maximum atomic E-state index is 13.4. The Kier molecular flexibility index (Phi) is 3.51. The van der Waals surface area contributed by atoms with Gasteiger partial charge in [0.2, 0.25) is 5.11 Å². The summed E-state index contributed by atoms with van der Waals surface area (Å²) in [7, 11) is 1.73. The van der Waals surface area contributed by atoms with Crippen molar-refractivity contribution < 1.29 is 13.5 Å². The van der Waals surface area contributed by atoms with Gasteiger partial charge in [-0.25, -0.2) is 8.78 Å². The molecule has 2 rings (SSSR count). The Morgan fingerprint density at radius 3 is 2.72 bits per heavy atom. The van der Waals surface area contributed by atoms with Crippen LogP contribution in [0, 0.1) is 11.6 Å². The smallest absolute Gasteiger partial charge is 0.217 e. The van der Waals surface area contributed by atoms with Crippen molar-refractivity contribution in [1.82, 2.24) is 4.90 Å². The van der Waals surface area contributed by atoms with Crippen LogP contribution in [0.5, 0.6) is 5.75 Å². The number of thiocarbonyl (C=S) groups is 1. The first-order chi connectivity index (χ1) is 8.49. The number of likely N-dealkylation sites (N-methyl/N-ethyl adjacent to an activating group) is 1. The molecule has 1 aromatic carbocycles. The van der Waals surface area contributed by atoms with E-state index < -0.39 is 23.9 Å². The summed E-state index contributed by atoms with van der Waals surface area (Å²) in [4.78, 5) is 1.65. The molecular weight excluding hydrogens is 260 g/mol. The molecule has 0 aliphatic carbocycles. The number of nitrogens with zero attached hydrogens (tertiary/aromatic N) is 3. The minimum absolute atomic E-state index is 0.0229. The molecule has 0 aromatic heterocycles. The van der Waals surface area contributed by atoms with Gasteiger partial charge in [-0.3, -0.25) is 0 Å². The molecule has 4 nitrogen and oxygen atoms in total. The van der Waals surface area contributed by atoms with E-state index in [-0.39, 0.29) is 5.75 Å². The number of hydrogen-bond donors (Lipinski definition) is 0. The second-order valence-corrected chi connectivity index (χ2v) is 4.29. The summed E-state index contributed by atoms with van der Waals surface area (Å²) >= 11 is 4.93. The molecule has 18 heavy (non-hydrogen) atoms. The van der Waals surface area contributed by atoms with E-state index in [1.165, 1.54) is 6.07 Å². The number of ether oxygens (including phenoxy) is 1. The summed E-state index contributed by atoms with van der Waals surface area (Å²) in [6, 6.07) is 3.15. The van der Waals surface area contributed by atoms with Crippen LogP contribution in [-0.2, 0) is 0 Å². The summed E-state index contributed by atoms with van der Waals surface area (Å²) in [6.45, 7) is 1.72. The molecule has 0 bridgehead atoms. The van der Waals surface area contributed by atoms with Crippen LogP contribution in [0.2, 0.25) is 0 Å². The van der Waals surface area contributed by atoms with E-state index in [2.05, 4.69) is 10.2 Å². The maximum absolute atomic E-state index is 13.4. The molecule has 0 radical (unpaired) electrons. The molecule has 96 valence electrons. The summed E-state index contributed by atoms with van der Waals surface area (Å²) < 4.78 is 31.6. The van der Waals surface area contributed by atoms with Crippen LogP contribution >= 0.6 is 12.2 Å². The highest BCUT2D eigenvalue weighted by molar-refractivity contribution is 7.80. The molecule has 2 atom stereocenters. The molecule has 0 saturated carbocycles. The van der Waals surface area contributed by atoms with Gasteiger partial charge in [-0.05, 0) is 31.3 Å². The third kappa shape index (κ3) is 2.45.